The highest BCUT2D eigenvalue weighted by molar-refractivity contribution is 5.23. The molecule has 1 radical (unpaired) electrons. The topological polar surface area (TPSA) is 0 Å². The van der Waals surface area contributed by atoms with Crippen molar-refractivity contribution in [2.24, 2.45) is 5.41 Å². The zero-order chi connectivity index (χ0) is 6.86. The van der Waals surface area contributed by atoms with Crippen molar-refractivity contribution in [2.45, 2.75) is 25.7 Å². The summed E-state index contributed by atoms with van der Waals surface area (Å²) >= 11 is 0. The standard InChI is InChI=1S/C10H13/c1-2-6-10(7-3-1)8-4-5-9-10/h2,4-6,8H,1,3,7,9H2. The van der Waals surface area contributed by atoms with Crippen LogP contribution >= 0.6 is 0 Å². The minimum Gasteiger partial charge on any atom is -0.0877 e. The Labute approximate surface area is 62.6 Å². The van der Waals surface area contributed by atoms with E-state index in [1.807, 2.05) is 0 Å². The molecule has 1 unspecified atom stereocenters. The summed E-state index contributed by atoms with van der Waals surface area (Å²) in [5, 5.41) is 0. The smallest absolute Gasteiger partial charge is 0.00669 e. The van der Waals surface area contributed by atoms with Gasteiger partial charge < -0.3 is 0 Å². The van der Waals surface area contributed by atoms with E-state index >= 15 is 0 Å². The number of hydrogen-bond acceptors (Lipinski definition) is 0. The van der Waals surface area contributed by atoms with Crippen LogP contribution in [0.3, 0.4) is 0 Å². The van der Waals surface area contributed by atoms with E-state index in [0.717, 1.165) is 0 Å². The van der Waals surface area contributed by atoms with Gasteiger partial charge in [0.05, 0.1) is 0 Å². The molecule has 0 bridgehead atoms. The Morgan fingerprint density at radius 3 is 2.80 bits per heavy atom. The fourth-order valence-corrected chi connectivity index (χ4v) is 1.87. The van der Waals surface area contributed by atoms with Gasteiger partial charge in [-0.15, -0.1) is 0 Å². The minimum absolute atomic E-state index is 0.457. The molecule has 0 nitrogen and oxygen atoms in total. The molecule has 0 aromatic rings. The van der Waals surface area contributed by atoms with Crippen molar-refractivity contribution in [1.82, 2.24) is 0 Å². The zero-order valence-electron chi connectivity index (χ0n) is 6.22. The van der Waals surface area contributed by atoms with Gasteiger partial charge in [0.25, 0.3) is 0 Å². The monoisotopic (exact) mass is 133 g/mol. The molecular formula is C10H13. The maximum atomic E-state index is 2.39. The summed E-state index contributed by atoms with van der Waals surface area (Å²) in [6.45, 7) is 0. The first kappa shape index (κ1) is 6.21. The van der Waals surface area contributed by atoms with E-state index < -0.39 is 0 Å². The van der Waals surface area contributed by atoms with Crippen molar-refractivity contribution in [2.75, 3.05) is 0 Å². The number of rotatable bonds is 0. The molecule has 0 aliphatic heterocycles. The van der Waals surface area contributed by atoms with Crippen LogP contribution < -0.4 is 0 Å². The van der Waals surface area contributed by atoms with Crippen molar-refractivity contribution < 1.29 is 0 Å². The van der Waals surface area contributed by atoms with Gasteiger partial charge in [0.2, 0.25) is 0 Å². The fraction of sp³-hybridized carbons (Fsp3) is 0.500. The molecule has 0 saturated heterocycles. The van der Waals surface area contributed by atoms with Crippen LogP contribution in [0.1, 0.15) is 25.7 Å². The molecule has 0 N–H and O–H groups in total. The summed E-state index contributed by atoms with van der Waals surface area (Å²) in [6, 6.07) is 0. The second-order valence-electron chi connectivity index (χ2n) is 3.33. The molecule has 0 saturated carbocycles. The Morgan fingerprint density at radius 2 is 2.20 bits per heavy atom. The third-order valence-electron chi connectivity index (χ3n) is 2.52. The van der Waals surface area contributed by atoms with Crippen molar-refractivity contribution in [3.8, 4) is 0 Å². The summed E-state index contributed by atoms with van der Waals surface area (Å²) in [4.78, 5) is 0. The van der Waals surface area contributed by atoms with Crippen molar-refractivity contribution in [3.63, 3.8) is 0 Å². The van der Waals surface area contributed by atoms with E-state index in [0.29, 0.717) is 5.41 Å². The van der Waals surface area contributed by atoms with Crippen LogP contribution in [0.4, 0.5) is 0 Å². The van der Waals surface area contributed by atoms with E-state index in [-0.39, 0.29) is 0 Å². The third kappa shape index (κ3) is 0.920. The van der Waals surface area contributed by atoms with Crippen molar-refractivity contribution in [1.29, 1.82) is 0 Å². The molecule has 53 valence electrons. The highest BCUT2D eigenvalue weighted by atomic mass is 14.3. The lowest BCUT2D eigenvalue weighted by Gasteiger charge is -2.26. The van der Waals surface area contributed by atoms with Crippen LogP contribution in [-0.2, 0) is 0 Å². The van der Waals surface area contributed by atoms with Gasteiger partial charge in [-0.05, 0) is 32.1 Å². The van der Waals surface area contributed by atoms with E-state index in [9.17, 15) is 0 Å². The van der Waals surface area contributed by atoms with Crippen LogP contribution in [0.15, 0.2) is 24.3 Å². The lowest BCUT2D eigenvalue weighted by molar-refractivity contribution is 0.428. The molecule has 0 heterocycles. The molecule has 0 fully saturated rings. The minimum atomic E-state index is 0.457. The number of allylic oxidation sites excluding steroid dienone is 4. The first-order valence-corrected chi connectivity index (χ1v) is 4.10. The predicted molar refractivity (Wildman–Crippen MR) is 43.5 cm³/mol. The first-order chi connectivity index (χ1) is 4.91. The molecule has 10 heavy (non-hydrogen) atoms. The van der Waals surface area contributed by atoms with Crippen LogP contribution in [0, 0.1) is 11.8 Å². The molecule has 2 aliphatic carbocycles. The largest absolute Gasteiger partial charge is 0.0877 e. The Kier molecular flexibility index (Phi) is 1.40. The molecule has 1 atom stereocenters. The van der Waals surface area contributed by atoms with Gasteiger partial charge in [-0.25, -0.2) is 0 Å². The van der Waals surface area contributed by atoms with Gasteiger partial charge in [0, 0.05) is 5.41 Å². The summed E-state index contributed by atoms with van der Waals surface area (Å²) in [6.07, 6.45) is 16.8. The normalized spacial score (nSPS) is 37.6. The van der Waals surface area contributed by atoms with Gasteiger partial charge in [-0.1, -0.05) is 24.3 Å². The Morgan fingerprint density at radius 1 is 1.20 bits per heavy atom. The fourth-order valence-electron chi connectivity index (χ4n) is 1.87. The second kappa shape index (κ2) is 2.26. The lowest BCUT2D eigenvalue weighted by atomic mass is 9.79. The van der Waals surface area contributed by atoms with Gasteiger partial charge in [0.1, 0.15) is 0 Å². The highest BCUT2D eigenvalue weighted by Gasteiger charge is 2.27. The molecule has 0 amide bonds. The van der Waals surface area contributed by atoms with Gasteiger partial charge in [-0.2, -0.15) is 0 Å². The summed E-state index contributed by atoms with van der Waals surface area (Å²) < 4.78 is 0. The van der Waals surface area contributed by atoms with E-state index in [1.54, 1.807) is 0 Å². The van der Waals surface area contributed by atoms with Crippen LogP contribution in [0.25, 0.3) is 0 Å². The SMILES string of the molecule is [CH]1C=CC2(C=CCCC2)C1. The highest BCUT2D eigenvalue weighted by Crippen LogP contribution is 2.40. The molecule has 2 aliphatic rings. The molecule has 2 rings (SSSR count). The van der Waals surface area contributed by atoms with Gasteiger partial charge in [-0.3, -0.25) is 0 Å². The summed E-state index contributed by atoms with van der Waals surface area (Å²) in [5.74, 6) is 0. The van der Waals surface area contributed by atoms with E-state index in [4.69, 9.17) is 0 Å². The molecular weight excluding hydrogens is 120 g/mol. The summed E-state index contributed by atoms with van der Waals surface area (Å²) in [5.41, 5.74) is 0.457. The number of hydrogen-bond donors (Lipinski definition) is 0. The van der Waals surface area contributed by atoms with E-state index in [2.05, 4.69) is 30.7 Å². The average Bonchev–Trinajstić information content (AvgIpc) is 2.39. The lowest BCUT2D eigenvalue weighted by Crippen LogP contribution is -2.13. The third-order valence-corrected chi connectivity index (χ3v) is 2.52. The van der Waals surface area contributed by atoms with Gasteiger partial charge >= 0.3 is 0 Å². The van der Waals surface area contributed by atoms with Crippen molar-refractivity contribution in [3.05, 3.63) is 30.7 Å². The van der Waals surface area contributed by atoms with Crippen molar-refractivity contribution >= 4 is 0 Å². The van der Waals surface area contributed by atoms with Gasteiger partial charge in [0.15, 0.2) is 0 Å². The Balaban J connectivity index is 2.20. The maximum absolute atomic E-state index is 2.39. The van der Waals surface area contributed by atoms with Crippen LogP contribution in [0.5, 0.6) is 0 Å². The van der Waals surface area contributed by atoms with Crippen LogP contribution in [-0.4, -0.2) is 0 Å². The molecule has 0 aromatic carbocycles. The van der Waals surface area contributed by atoms with E-state index in [1.165, 1.54) is 25.7 Å². The molecule has 0 heteroatoms. The van der Waals surface area contributed by atoms with Crippen LogP contribution in [0.2, 0.25) is 0 Å². The Bertz CT molecular complexity index is 176. The maximum Gasteiger partial charge on any atom is 0.00669 e. The first-order valence-electron chi connectivity index (χ1n) is 4.10. The summed E-state index contributed by atoms with van der Waals surface area (Å²) in [7, 11) is 0. The molecule has 1 spiro atoms. The predicted octanol–water partition coefficient (Wildman–Crippen LogP) is 2.88. The second-order valence-corrected chi connectivity index (χ2v) is 3.33. The Hall–Kier alpha value is -0.520. The zero-order valence-corrected chi connectivity index (χ0v) is 6.22. The average molecular weight is 133 g/mol. The quantitative estimate of drug-likeness (QED) is 0.446. The molecule has 0 aromatic heterocycles.